The van der Waals surface area contributed by atoms with Crippen LogP contribution in [0.4, 0.5) is 0 Å². The molecule has 3 rings (SSSR count). The number of hydrogen-bond donors (Lipinski definition) is 1. The van der Waals surface area contributed by atoms with Crippen LogP contribution in [0.2, 0.25) is 0 Å². The quantitative estimate of drug-likeness (QED) is 0.879. The average molecular weight is 273 g/mol. The monoisotopic (exact) mass is 273 g/mol. The van der Waals surface area contributed by atoms with Crippen LogP contribution in [0.5, 0.6) is 0 Å². The highest BCUT2D eigenvalue weighted by Gasteiger charge is 2.28. The molecular weight excluding hydrogens is 246 g/mol. The number of aryl methyl sites for hydroxylation is 1. The molecule has 20 heavy (non-hydrogen) atoms. The van der Waals surface area contributed by atoms with Crippen LogP contribution in [0.25, 0.3) is 0 Å². The Morgan fingerprint density at radius 2 is 2.10 bits per heavy atom. The van der Waals surface area contributed by atoms with Gasteiger partial charge in [0.1, 0.15) is 0 Å². The summed E-state index contributed by atoms with van der Waals surface area (Å²) in [5.41, 5.74) is 3.07. The Hall–Kier alpha value is -0.860. The van der Waals surface area contributed by atoms with Crippen molar-refractivity contribution in [1.82, 2.24) is 5.32 Å². The van der Waals surface area contributed by atoms with E-state index < -0.39 is 0 Å². The summed E-state index contributed by atoms with van der Waals surface area (Å²) >= 11 is 0. The van der Waals surface area contributed by atoms with Crippen molar-refractivity contribution < 1.29 is 4.74 Å². The van der Waals surface area contributed by atoms with Gasteiger partial charge in [0.25, 0.3) is 0 Å². The number of fused-ring (bicyclic) bond motifs is 1. The zero-order valence-corrected chi connectivity index (χ0v) is 12.6. The van der Waals surface area contributed by atoms with E-state index in [2.05, 4.69) is 36.6 Å². The molecule has 0 saturated carbocycles. The molecule has 2 nitrogen and oxygen atoms in total. The normalized spacial score (nSPS) is 29.4. The second kappa shape index (κ2) is 6.73. The molecule has 0 bridgehead atoms. The Bertz CT molecular complexity index is 425. The van der Waals surface area contributed by atoms with Gasteiger partial charge < -0.3 is 10.1 Å². The van der Waals surface area contributed by atoms with Gasteiger partial charge in [-0.15, -0.1) is 0 Å². The summed E-state index contributed by atoms with van der Waals surface area (Å²) in [5.74, 6) is 0.788. The Kier molecular flexibility index (Phi) is 4.74. The molecule has 0 radical (unpaired) electrons. The molecule has 1 saturated heterocycles. The van der Waals surface area contributed by atoms with Crippen LogP contribution in [0, 0.1) is 5.92 Å². The van der Waals surface area contributed by atoms with E-state index in [4.69, 9.17) is 4.74 Å². The van der Waals surface area contributed by atoms with Gasteiger partial charge in [0.2, 0.25) is 0 Å². The highest BCUT2D eigenvalue weighted by molar-refractivity contribution is 5.32. The molecule has 110 valence electrons. The summed E-state index contributed by atoms with van der Waals surface area (Å²) < 4.78 is 5.74. The Labute approximate surface area is 122 Å². The Morgan fingerprint density at radius 1 is 1.20 bits per heavy atom. The highest BCUT2D eigenvalue weighted by atomic mass is 16.5. The standard InChI is InChI=1S/C18H27NO/c1-19-18-15(7-4-8-16-9-5-13-20-16)12-11-14-6-2-3-10-17(14)18/h2-3,6,10,15-16,18-19H,4-5,7-9,11-13H2,1H3. The highest BCUT2D eigenvalue weighted by Crippen LogP contribution is 2.37. The molecule has 0 amide bonds. The van der Waals surface area contributed by atoms with Gasteiger partial charge in [-0.1, -0.05) is 30.7 Å². The van der Waals surface area contributed by atoms with Crippen LogP contribution in [0.15, 0.2) is 24.3 Å². The molecule has 3 atom stereocenters. The van der Waals surface area contributed by atoms with E-state index >= 15 is 0 Å². The molecule has 1 aliphatic heterocycles. The lowest BCUT2D eigenvalue weighted by atomic mass is 9.77. The van der Waals surface area contributed by atoms with Gasteiger partial charge in [0.15, 0.2) is 0 Å². The van der Waals surface area contributed by atoms with Gasteiger partial charge in [-0.2, -0.15) is 0 Å². The lowest BCUT2D eigenvalue weighted by Crippen LogP contribution is -2.30. The molecule has 1 aliphatic carbocycles. The second-order valence-corrected chi connectivity index (χ2v) is 6.33. The van der Waals surface area contributed by atoms with Gasteiger partial charge in [0, 0.05) is 12.6 Å². The average Bonchev–Trinajstić information content (AvgIpc) is 3.00. The van der Waals surface area contributed by atoms with Gasteiger partial charge in [0.05, 0.1) is 6.10 Å². The van der Waals surface area contributed by atoms with E-state index in [9.17, 15) is 0 Å². The minimum Gasteiger partial charge on any atom is -0.378 e. The van der Waals surface area contributed by atoms with Crippen molar-refractivity contribution in [1.29, 1.82) is 0 Å². The van der Waals surface area contributed by atoms with E-state index in [1.165, 1.54) is 50.5 Å². The van der Waals surface area contributed by atoms with Crippen LogP contribution < -0.4 is 5.32 Å². The fourth-order valence-corrected chi connectivity index (χ4v) is 4.01. The molecule has 1 heterocycles. The smallest absolute Gasteiger partial charge is 0.0576 e. The molecule has 3 unspecified atom stereocenters. The maximum atomic E-state index is 5.74. The largest absolute Gasteiger partial charge is 0.378 e. The molecule has 1 aromatic rings. The van der Waals surface area contributed by atoms with Crippen molar-refractivity contribution in [3.8, 4) is 0 Å². The van der Waals surface area contributed by atoms with Crippen molar-refractivity contribution >= 4 is 0 Å². The van der Waals surface area contributed by atoms with Gasteiger partial charge in [-0.3, -0.25) is 0 Å². The SMILES string of the molecule is CNC1c2ccccc2CCC1CCCC1CCCO1. The topological polar surface area (TPSA) is 21.3 Å². The van der Waals surface area contributed by atoms with E-state index in [1.807, 2.05) is 0 Å². The molecule has 0 aromatic heterocycles. The van der Waals surface area contributed by atoms with Gasteiger partial charge in [-0.05, 0) is 62.6 Å². The summed E-state index contributed by atoms with van der Waals surface area (Å²) in [5, 5.41) is 3.56. The lowest BCUT2D eigenvalue weighted by molar-refractivity contribution is 0.0996. The third kappa shape index (κ3) is 3.07. The number of ether oxygens (including phenoxy) is 1. The number of benzene rings is 1. The lowest BCUT2D eigenvalue weighted by Gasteiger charge is -2.33. The fraction of sp³-hybridized carbons (Fsp3) is 0.667. The summed E-state index contributed by atoms with van der Waals surface area (Å²) in [4.78, 5) is 0. The molecule has 2 aliphatic rings. The van der Waals surface area contributed by atoms with Crippen LogP contribution in [-0.2, 0) is 11.2 Å². The zero-order valence-electron chi connectivity index (χ0n) is 12.6. The molecular formula is C18H27NO. The number of hydrogen-bond acceptors (Lipinski definition) is 2. The molecule has 1 N–H and O–H groups in total. The maximum absolute atomic E-state index is 5.74. The third-order valence-corrected chi connectivity index (χ3v) is 5.08. The maximum Gasteiger partial charge on any atom is 0.0576 e. The zero-order chi connectivity index (χ0) is 13.8. The van der Waals surface area contributed by atoms with Crippen LogP contribution in [0.1, 0.15) is 55.7 Å². The number of nitrogens with one attached hydrogen (secondary N) is 1. The predicted octanol–water partition coefficient (Wildman–Crippen LogP) is 3.86. The summed E-state index contributed by atoms with van der Waals surface area (Å²) in [7, 11) is 2.11. The summed E-state index contributed by atoms with van der Waals surface area (Å²) in [6, 6.07) is 9.50. The van der Waals surface area contributed by atoms with E-state index in [1.54, 1.807) is 5.56 Å². The van der Waals surface area contributed by atoms with Crippen LogP contribution in [-0.4, -0.2) is 19.8 Å². The third-order valence-electron chi connectivity index (χ3n) is 5.08. The van der Waals surface area contributed by atoms with E-state index in [0.29, 0.717) is 12.1 Å². The minimum atomic E-state index is 0.546. The first-order chi connectivity index (χ1) is 9.88. The fourth-order valence-electron chi connectivity index (χ4n) is 4.01. The second-order valence-electron chi connectivity index (χ2n) is 6.33. The van der Waals surface area contributed by atoms with Crippen LogP contribution in [0.3, 0.4) is 0 Å². The predicted molar refractivity (Wildman–Crippen MR) is 82.9 cm³/mol. The van der Waals surface area contributed by atoms with Crippen molar-refractivity contribution in [2.24, 2.45) is 5.92 Å². The number of rotatable bonds is 5. The molecule has 1 aromatic carbocycles. The van der Waals surface area contributed by atoms with E-state index in [-0.39, 0.29) is 0 Å². The molecule has 1 fully saturated rings. The van der Waals surface area contributed by atoms with Crippen molar-refractivity contribution in [2.75, 3.05) is 13.7 Å². The molecule has 2 heteroatoms. The summed E-state index contributed by atoms with van der Waals surface area (Å²) in [6.45, 7) is 0.987. The summed E-state index contributed by atoms with van der Waals surface area (Å²) in [6.07, 6.45) is 9.58. The minimum absolute atomic E-state index is 0.546. The van der Waals surface area contributed by atoms with E-state index in [0.717, 1.165) is 12.5 Å². The Morgan fingerprint density at radius 3 is 2.90 bits per heavy atom. The molecule has 0 spiro atoms. The van der Waals surface area contributed by atoms with Crippen molar-refractivity contribution in [3.05, 3.63) is 35.4 Å². The first-order valence-electron chi connectivity index (χ1n) is 8.25. The van der Waals surface area contributed by atoms with Gasteiger partial charge >= 0.3 is 0 Å². The first-order valence-corrected chi connectivity index (χ1v) is 8.25. The van der Waals surface area contributed by atoms with Crippen molar-refractivity contribution in [3.63, 3.8) is 0 Å². The van der Waals surface area contributed by atoms with Crippen LogP contribution >= 0.6 is 0 Å². The first kappa shape index (κ1) is 14.1. The van der Waals surface area contributed by atoms with Crippen molar-refractivity contribution in [2.45, 2.75) is 57.1 Å². The Balaban J connectivity index is 1.56. The van der Waals surface area contributed by atoms with Gasteiger partial charge in [-0.25, -0.2) is 0 Å².